The van der Waals surface area contributed by atoms with Gasteiger partial charge in [0.2, 0.25) is 0 Å². The maximum atomic E-state index is 12.9. The Morgan fingerprint density at radius 1 is 1.04 bits per heavy atom. The number of nitrogens with one attached hydrogen (secondary N) is 1. The van der Waals surface area contributed by atoms with Gasteiger partial charge in [0.25, 0.3) is 5.91 Å². The van der Waals surface area contributed by atoms with Crippen LogP contribution in [-0.2, 0) is 19.0 Å². The molecule has 0 fully saturated rings. The van der Waals surface area contributed by atoms with Crippen LogP contribution >= 0.6 is 0 Å². The Morgan fingerprint density at radius 3 is 2.22 bits per heavy atom. The summed E-state index contributed by atoms with van der Waals surface area (Å²) in [6.45, 7) is 1.33. The van der Waals surface area contributed by atoms with Crippen molar-refractivity contribution in [3.05, 3.63) is 70.3 Å². The van der Waals surface area contributed by atoms with Crippen molar-refractivity contribution in [2.75, 3.05) is 0 Å². The van der Waals surface area contributed by atoms with Crippen LogP contribution < -0.4 is 5.32 Å². The molecule has 0 spiro atoms. The van der Waals surface area contributed by atoms with E-state index in [1.165, 1.54) is 30.2 Å². The van der Waals surface area contributed by atoms with E-state index in [-0.39, 0.29) is 17.2 Å². The molecule has 0 bridgehead atoms. The molecule has 2 aromatic carbocycles. The molecule has 1 aliphatic rings. The molecule has 2 nitrogen and oxygen atoms in total. The third-order valence-corrected chi connectivity index (χ3v) is 4.27. The van der Waals surface area contributed by atoms with Crippen LogP contribution in [0.3, 0.4) is 0 Å². The second kappa shape index (κ2) is 5.72. The Bertz CT molecular complexity index is 727. The van der Waals surface area contributed by atoms with Gasteiger partial charge in [-0.1, -0.05) is 30.3 Å². The molecule has 0 saturated carbocycles. The van der Waals surface area contributed by atoms with E-state index in [0.29, 0.717) is 12.8 Å². The van der Waals surface area contributed by atoms with Gasteiger partial charge in [-0.05, 0) is 48.6 Å². The zero-order chi connectivity index (χ0) is 16.6. The number of alkyl halides is 3. The number of halogens is 3. The third kappa shape index (κ3) is 3.09. The standard InChI is InChI=1S/C18H16F3NO/c1-11-15(7-4-8-16(11)18(19,20)21)17(23)22-14-9-12-5-2-3-6-13(12)10-14/h2-8,14H,9-10H2,1H3,(H,22,23). The SMILES string of the molecule is Cc1c(C(=O)NC2Cc3ccccc3C2)cccc1C(F)(F)F. The minimum atomic E-state index is -4.45. The van der Waals surface area contributed by atoms with E-state index in [4.69, 9.17) is 0 Å². The Hall–Kier alpha value is -2.30. The van der Waals surface area contributed by atoms with Gasteiger partial charge < -0.3 is 5.32 Å². The summed E-state index contributed by atoms with van der Waals surface area (Å²) >= 11 is 0. The largest absolute Gasteiger partial charge is 0.416 e. The molecule has 0 saturated heterocycles. The molecule has 0 heterocycles. The number of hydrogen-bond acceptors (Lipinski definition) is 1. The Balaban J connectivity index is 1.78. The van der Waals surface area contributed by atoms with E-state index >= 15 is 0 Å². The average Bonchev–Trinajstić information content (AvgIpc) is 2.88. The average molecular weight is 319 g/mol. The molecule has 2 aromatic rings. The van der Waals surface area contributed by atoms with Crippen LogP contribution in [-0.4, -0.2) is 11.9 Å². The summed E-state index contributed by atoms with van der Waals surface area (Å²) < 4.78 is 38.8. The highest BCUT2D eigenvalue weighted by molar-refractivity contribution is 5.96. The van der Waals surface area contributed by atoms with Crippen LogP contribution in [0.5, 0.6) is 0 Å². The number of carbonyl (C=O) groups is 1. The number of carbonyl (C=O) groups excluding carboxylic acids is 1. The monoisotopic (exact) mass is 319 g/mol. The van der Waals surface area contributed by atoms with Gasteiger partial charge in [-0.25, -0.2) is 0 Å². The summed E-state index contributed by atoms with van der Waals surface area (Å²) in [6, 6.07) is 11.5. The van der Waals surface area contributed by atoms with E-state index in [1.54, 1.807) is 0 Å². The molecule has 0 radical (unpaired) electrons. The van der Waals surface area contributed by atoms with E-state index in [0.717, 1.165) is 6.07 Å². The van der Waals surface area contributed by atoms with Crippen molar-refractivity contribution in [2.24, 2.45) is 0 Å². The first-order chi connectivity index (χ1) is 10.9. The molecule has 0 atom stereocenters. The Morgan fingerprint density at radius 2 is 1.65 bits per heavy atom. The topological polar surface area (TPSA) is 29.1 Å². The zero-order valence-electron chi connectivity index (χ0n) is 12.6. The summed E-state index contributed by atoms with van der Waals surface area (Å²) in [5, 5.41) is 2.86. The van der Waals surface area contributed by atoms with E-state index in [9.17, 15) is 18.0 Å². The van der Waals surface area contributed by atoms with Gasteiger partial charge in [0.1, 0.15) is 0 Å². The number of amides is 1. The highest BCUT2D eigenvalue weighted by Gasteiger charge is 2.34. The van der Waals surface area contributed by atoms with Crippen molar-refractivity contribution in [3.8, 4) is 0 Å². The summed E-state index contributed by atoms with van der Waals surface area (Å²) in [5.41, 5.74) is 1.64. The summed E-state index contributed by atoms with van der Waals surface area (Å²) in [7, 11) is 0. The molecule has 3 rings (SSSR count). The molecule has 1 N–H and O–H groups in total. The van der Waals surface area contributed by atoms with Gasteiger partial charge in [-0.2, -0.15) is 13.2 Å². The van der Waals surface area contributed by atoms with E-state index in [2.05, 4.69) is 5.32 Å². The molecule has 1 amide bonds. The molecule has 120 valence electrons. The maximum absolute atomic E-state index is 12.9. The molecular formula is C18H16F3NO. The quantitative estimate of drug-likeness (QED) is 0.893. The lowest BCUT2D eigenvalue weighted by Crippen LogP contribution is -2.35. The highest BCUT2D eigenvalue weighted by Crippen LogP contribution is 2.33. The van der Waals surface area contributed by atoms with Crippen LogP contribution in [0, 0.1) is 6.92 Å². The minimum absolute atomic E-state index is 0.0342. The predicted molar refractivity (Wildman–Crippen MR) is 81.3 cm³/mol. The lowest BCUT2D eigenvalue weighted by Gasteiger charge is -2.16. The smallest absolute Gasteiger partial charge is 0.349 e. The normalized spacial score (nSPS) is 14.6. The summed E-state index contributed by atoms with van der Waals surface area (Å²) in [5.74, 6) is -0.452. The fourth-order valence-electron chi connectivity index (χ4n) is 3.11. The molecule has 1 aliphatic carbocycles. The molecule has 23 heavy (non-hydrogen) atoms. The number of rotatable bonds is 2. The van der Waals surface area contributed by atoms with Crippen molar-refractivity contribution in [2.45, 2.75) is 32.0 Å². The first kappa shape index (κ1) is 15.6. The second-order valence-corrected chi connectivity index (χ2v) is 5.82. The number of hydrogen-bond donors (Lipinski definition) is 1. The predicted octanol–water partition coefficient (Wildman–Crippen LogP) is 3.91. The van der Waals surface area contributed by atoms with Crippen molar-refractivity contribution in [3.63, 3.8) is 0 Å². The van der Waals surface area contributed by atoms with Crippen molar-refractivity contribution in [1.82, 2.24) is 5.32 Å². The fraction of sp³-hybridized carbons (Fsp3) is 0.278. The van der Waals surface area contributed by atoms with Crippen LogP contribution in [0.4, 0.5) is 13.2 Å². The maximum Gasteiger partial charge on any atom is 0.416 e. The van der Waals surface area contributed by atoms with Gasteiger partial charge >= 0.3 is 6.18 Å². The lowest BCUT2D eigenvalue weighted by molar-refractivity contribution is -0.138. The van der Waals surface area contributed by atoms with Crippen LogP contribution in [0.25, 0.3) is 0 Å². The number of fused-ring (bicyclic) bond motifs is 1. The third-order valence-electron chi connectivity index (χ3n) is 4.27. The number of benzene rings is 2. The van der Waals surface area contributed by atoms with Gasteiger partial charge in [0.05, 0.1) is 5.56 Å². The van der Waals surface area contributed by atoms with Gasteiger partial charge in [0, 0.05) is 11.6 Å². The first-order valence-electron chi connectivity index (χ1n) is 7.40. The zero-order valence-corrected chi connectivity index (χ0v) is 12.6. The molecule has 5 heteroatoms. The molecule has 0 unspecified atom stereocenters. The van der Waals surface area contributed by atoms with E-state index in [1.807, 2.05) is 24.3 Å². The van der Waals surface area contributed by atoms with Crippen LogP contribution in [0.2, 0.25) is 0 Å². The van der Waals surface area contributed by atoms with Crippen molar-refractivity contribution in [1.29, 1.82) is 0 Å². The molecule has 0 aliphatic heterocycles. The second-order valence-electron chi connectivity index (χ2n) is 5.82. The fourth-order valence-corrected chi connectivity index (χ4v) is 3.11. The minimum Gasteiger partial charge on any atom is -0.349 e. The van der Waals surface area contributed by atoms with Gasteiger partial charge in [0.15, 0.2) is 0 Å². The van der Waals surface area contributed by atoms with Crippen molar-refractivity contribution >= 4 is 5.91 Å². The van der Waals surface area contributed by atoms with Gasteiger partial charge in [-0.15, -0.1) is 0 Å². The highest BCUT2D eigenvalue weighted by atomic mass is 19.4. The van der Waals surface area contributed by atoms with Crippen LogP contribution in [0.15, 0.2) is 42.5 Å². The van der Waals surface area contributed by atoms with E-state index < -0.39 is 17.6 Å². The Labute approximate surface area is 132 Å². The van der Waals surface area contributed by atoms with Gasteiger partial charge in [-0.3, -0.25) is 4.79 Å². The molecular weight excluding hydrogens is 303 g/mol. The first-order valence-corrected chi connectivity index (χ1v) is 7.40. The summed E-state index contributed by atoms with van der Waals surface area (Å²) in [6.07, 6.45) is -3.04. The summed E-state index contributed by atoms with van der Waals surface area (Å²) in [4.78, 5) is 12.4. The van der Waals surface area contributed by atoms with Crippen molar-refractivity contribution < 1.29 is 18.0 Å². The lowest BCUT2D eigenvalue weighted by atomic mass is 10.0. The molecule has 0 aromatic heterocycles. The van der Waals surface area contributed by atoms with Crippen LogP contribution in [0.1, 0.15) is 32.6 Å². The Kier molecular flexibility index (Phi) is 3.88.